The van der Waals surface area contributed by atoms with E-state index >= 15 is 0 Å². The maximum absolute atomic E-state index is 13.7. The van der Waals surface area contributed by atoms with Gasteiger partial charge in [0.15, 0.2) is 23.3 Å². The molecule has 0 aromatic heterocycles. The minimum Gasteiger partial charge on any atom is -0.408 e. The molecule has 0 aliphatic carbocycles. The fraction of sp³-hybridized carbons (Fsp3) is 0.500. The van der Waals surface area contributed by atoms with E-state index in [0.29, 0.717) is 0 Å². The van der Waals surface area contributed by atoms with Crippen LogP contribution >= 0.6 is 0 Å². The van der Waals surface area contributed by atoms with Crippen LogP contribution in [0.4, 0.5) is 22.0 Å². The Bertz CT molecular complexity index is 479. The molecular weight excluding hydrogens is 283 g/mol. The zero-order chi connectivity index (χ0) is 15.2. The summed E-state index contributed by atoms with van der Waals surface area (Å²) in [6.07, 6.45) is 0. The zero-order valence-electron chi connectivity index (χ0n) is 11.3. The van der Waals surface area contributed by atoms with Crippen molar-refractivity contribution >= 4 is 13.5 Å². The van der Waals surface area contributed by atoms with Crippen LogP contribution in [0.2, 0.25) is 13.1 Å². The van der Waals surface area contributed by atoms with Crippen LogP contribution in [0.5, 0.6) is 0 Å². The van der Waals surface area contributed by atoms with Gasteiger partial charge in [0, 0.05) is 10.8 Å². The van der Waals surface area contributed by atoms with Crippen LogP contribution in [0.15, 0.2) is 0 Å². The van der Waals surface area contributed by atoms with Crippen LogP contribution in [-0.4, -0.2) is 13.9 Å². The Morgan fingerprint density at radius 1 is 0.737 bits per heavy atom. The van der Waals surface area contributed by atoms with Crippen LogP contribution in [0.1, 0.15) is 20.8 Å². The molecule has 0 atom stereocenters. The van der Waals surface area contributed by atoms with Crippen molar-refractivity contribution in [2.24, 2.45) is 0 Å². The zero-order valence-corrected chi connectivity index (χ0v) is 12.3. The summed E-state index contributed by atoms with van der Waals surface area (Å²) in [5.74, 6) is -9.65. The maximum atomic E-state index is 13.7. The predicted octanol–water partition coefficient (Wildman–Crippen LogP) is 3.61. The summed E-state index contributed by atoms with van der Waals surface area (Å²) < 4.78 is 72.3. The summed E-state index contributed by atoms with van der Waals surface area (Å²) in [6, 6.07) is 0. The van der Waals surface area contributed by atoms with Gasteiger partial charge in [0.1, 0.15) is 0 Å². The molecule has 0 aliphatic rings. The van der Waals surface area contributed by atoms with Crippen LogP contribution in [0, 0.1) is 29.1 Å². The van der Waals surface area contributed by atoms with E-state index in [1.165, 1.54) is 13.1 Å². The molecule has 1 aromatic carbocycles. The maximum Gasteiger partial charge on any atom is 0.225 e. The summed E-state index contributed by atoms with van der Waals surface area (Å²) in [6.45, 7) is 7.71. The highest BCUT2D eigenvalue weighted by Crippen LogP contribution is 2.23. The molecule has 0 aliphatic heterocycles. The molecule has 0 unspecified atom stereocenters. The van der Waals surface area contributed by atoms with E-state index in [1.807, 2.05) is 0 Å². The second-order valence-corrected chi connectivity index (χ2v) is 9.39. The van der Waals surface area contributed by atoms with Gasteiger partial charge in [-0.1, -0.05) is 0 Å². The van der Waals surface area contributed by atoms with E-state index in [4.69, 9.17) is 4.43 Å². The average Bonchev–Trinajstić information content (AvgIpc) is 2.20. The van der Waals surface area contributed by atoms with Gasteiger partial charge in [-0.05, 0) is 33.9 Å². The van der Waals surface area contributed by atoms with E-state index in [-0.39, 0.29) is 0 Å². The lowest BCUT2D eigenvalue weighted by Crippen LogP contribution is -2.53. The predicted molar refractivity (Wildman–Crippen MR) is 64.2 cm³/mol. The highest BCUT2D eigenvalue weighted by Gasteiger charge is 2.40. The lowest BCUT2D eigenvalue weighted by molar-refractivity contribution is 0.124. The van der Waals surface area contributed by atoms with Crippen LogP contribution in [-0.2, 0) is 4.43 Å². The van der Waals surface area contributed by atoms with Crippen LogP contribution in [0.25, 0.3) is 0 Å². The van der Waals surface area contributed by atoms with Gasteiger partial charge in [-0.3, -0.25) is 0 Å². The molecule has 0 saturated carbocycles. The molecule has 0 spiro atoms. The summed E-state index contributed by atoms with van der Waals surface area (Å²) in [5, 5.41) is -0.834. The number of hydrogen-bond donors (Lipinski definition) is 0. The van der Waals surface area contributed by atoms with Gasteiger partial charge in [0.05, 0.1) is 0 Å². The van der Waals surface area contributed by atoms with Gasteiger partial charge in [0.2, 0.25) is 14.1 Å². The average molecular weight is 298 g/mol. The second-order valence-electron chi connectivity index (χ2n) is 5.67. The normalized spacial score (nSPS) is 12.9. The third-order valence-electron chi connectivity index (χ3n) is 2.37. The molecule has 0 N–H and O–H groups in total. The third kappa shape index (κ3) is 3.14. The highest BCUT2D eigenvalue weighted by molar-refractivity contribution is 6.84. The molecule has 0 saturated heterocycles. The van der Waals surface area contributed by atoms with Crippen molar-refractivity contribution in [1.29, 1.82) is 0 Å². The Balaban J connectivity index is 3.51. The van der Waals surface area contributed by atoms with Crippen molar-refractivity contribution in [2.75, 3.05) is 0 Å². The van der Waals surface area contributed by atoms with E-state index in [0.717, 1.165) is 0 Å². The van der Waals surface area contributed by atoms with E-state index in [1.54, 1.807) is 20.8 Å². The van der Waals surface area contributed by atoms with Gasteiger partial charge in [-0.15, -0.1) is 0 Å². The molecular formula is C12H15F5OSi. The first-order valence-corrected chi connectivity index (χ1v) is 8.51. The topological polar surface area (TPSA) is 9.23 Å². The first-order chi connectivity index (χ1) is 8.38. The minimum atomic E-state index is -3.29. The van der Waals surface area contributed by atoms with Crippen LogP contribution in [0.3, 0.4) is 0 Å². The molecule has 108 valence electrons. The number of rotatable bonds is 2. The Kier molecular flexibility index (Phi) is 4.12. The molecule has 1 aromatic rings. The molecule has 0 radical (unpaired) electrons. The molecule has 0 amide bonds. The number of hydrogen-bond acceptors (Lipinski definition) is 1. The van der Waals surface area contributed by atoms with Gasteiger partial charge in [0.25, 0.3) is 0 Å². The number of benzene rings is 1. The smallest absolute Gasteiger partial charge is 0.225 e. The van der Waals surface area contributed by atoms with Gasteiger partial charge < -0.3 is 4.43 Å². The Morgan fingerprint density at radius 3 is 1.37 bits per heavy atom. The van der Waals surface area contributed by atoms with Crippen molar-refractivity contribution in [3.8, 4) is 0 Å². The van der Waals surface area contributed by atoms with Gasteiger partial charge >= 0.3 is 0 Å². The number of halogens is 5. The first kappa shape index (κ1) is 16.1. The molecule has 0 heterocycles. The standard InChI is InChI=1S/C12H15F5OSi/c1-12(2,3)18-19(4,5)11-9(16)7(14)6(13)8(15)10(11)17/h1-5H3. The quantitative estimate of drug-likeness (QED) is 0.351. The lowest BCUT2D eigenvalue weighted by Gasteiger charge is -2.33. The van der Waals surface area contributed by atoms with Crippen LogP contribution < -0.4 is 5.19 Å². The third-order valence-corrected chi connectivity index (χ3v) is 5.14. The van der Waals surface area contributed by atoms with E-state index in [2.05, 4.69) is 0 Å². The van der Waals surface area contributed by atoms with E-state index < -0.39 is 48.2 Å². The second kappa shape index (κ2) is 4.86. The molecule has 0 fully saturated rings. The van der Waals surface area contributed by atoms with Crippen molar-refractivity contribution in [3.63, 3.8) is 0 Å². The first-order valence-electron chi connectivity index (χ1n) is 5.60. The monoisotopic (exact) mass is 298 g/mol. The highest BCUT2D eigenvalue weighted by atomic mass is 28.4. The Morgan fingerprint density at radius 2 is 1.05 bits per heavy atom. The van der Waals surface area contributed by atoms with Crippen molar-refractivity contribution in [2.45, 2.75) is 39.5 Å². The lowest BCUT2D eigenvalue weighted by atomic mass is 10.2. The van der Waals surface area contributed by atoms with E-state index in [9.17, 15) is 22.0 Å². The Hall–Kier alpha value is -0.953. The summed E-state index contributed by atoms with van der Waals surface area (Å²) in [4.78, 5) is 0. The van der Waals surface area contributed by atoms with Gasteiger partial charge in [-0.25, -0.2) is 22.0 Å². The fourth-order valence-electron chi connectivity index (χ4n) is 1.95. The molecule has 7 heteroatoms. The minimum absolute atomic E-state index is 0.754. The molecule has 1 rings (SSSR count). The van der Waals surface area contributed by atoms with Crippen molar-refractivity contribution < 1.29 is 26.4 Å². The van der Waals surface area contributed by atoms with Crippen molar-refractivity contribution in [1.82, 2.24) is 0 Å². The summed E-state index contributed by atoms with van der Waals surface area (Å²) >= 11 is 0. The van der Waals surface area contributed by atoms with Crippen molar-refractivity contribution in [3.05, 3.63) is 29.1 Å². The largest absolute Gasteiger partial charge is 0.408 e. The molecule has 19 heavy (non-hydrogen) atoms. The Labute approximate surface area is 109 Å². The van der Waals surface area contributed by atoms with Gasteiger partial charge in [-0.2, -0.15) is 0 Å². The SMILES string of the molecule is CC(C)(C)O[Si](C)(C)c1c(F)c(F)c(F)c(F)c1F. The summed E-state index contributed by atoms with van der Waals surface area (Å²) in [7, 11) is -3.29. The molecule has 1 nitrogen and oxygen atoms in total. The summed E-state index contributed by atoms with van der Waals surface area (Å²) in [5.41, 5.74) is -0.754. The fourth-order valence-corrected chi connectivity index (χ4v) is 4.86. The molecule has 0 bridgehead atoms.